The number of unbranched alkanes of at least 4 members (excludes halogenated alkanes) is 13. The molecule has 0 saturated carbocycles. The lowest BCUT2D eigenvalue weighted by molar-refractivity contribution is 0.0733. The first kappa shape index (κ1) is 34.0. The number of azo groups is 1. The summed E-state index contributed by atoms with van der Waals surface area (Å²) in [6.45, 7) is 8.96. The predicted octanol–water partition coefficient (Wildman–Crippen LogP) is 12.1. The second-order valence-corrected chi connectivity index (χ2v) is 11.8. The van der Waals surface area contributed by atoms with Crippen molar-refractivity contribution in [2.45, 2.75) is 118 Å². The highest BCUT2D eigenvalue weighted by Crippen LogP contribution is 2.27. The molecule has 5 heteroatoms. The maximum atomic E-state index is 12.7. The molecule has 0 fully saturated rings. The summed E-state index contributed by atoms with van der Waals surface area (Å²) < 4.78 is 11.6. The van der Waals surface area contributed by atoms with Crippen LogP contribution >= 0.6 is 0 Å². The minimum Gasteiger partial charge on any atom is -0.494 e. The van der Waals surface area contributed by atoms with Gasteiger partial charge < -0.3 is 9.47 Å². The van der Waals surface area contributed by atoms with Crippen molar-refractivity contribution in [3.05, 3.63) is 82.9 Å². The van der Waals surface area contributed by atoms with E-state index < -0.39 is 5.97 Å². The summed E-state index contributed by atoms with van der Waals surface area (Å²) in [5.74, 6) is 0.890. The zero-order valence-corrected chi connectivity index (χ0v) is 27.0. The van der Waals surface area contributed by atoms with E-state index in [9.17, 15) is 4.79 Å². The van der Waals surface area contributed by atoms with Crippen LogP contribution in [-0.4, -0.2) is 12.6 Å². The number of hydrogen-bond donors (Lipinski definition) is 0. The Morgan fingerprint density at radius 1 is 0.628 bits per heavy atom. The van der Waals surface area contributed by atoms with Crippen molar-refractivity contribution in [2.75, 3.05) is 6.61 Å². The number of aryl methyl sites for hydroxylation is 3. The van der Waals surface area contributed by atoms with Gasteiger partial charge in [0.1, 0.15) is 11.5 Å². The second-order valence-electron chi connectivity index (χ2n) is 11.8. The normalized spacial score (nSPS) is 11.3. The lowest BCUT2D eigenvalue weighted by Gasteiger charge is -2.09. The van der Waals surface area contributed by atoms with Gasteiger partial charge in [0.2, 0.25) is 0 Å². The number of carbonyl (C=O) groups is 1. The van der Waals surface area contributed by atoms with E-state index in [-0.39, 0.29) is 0 Å². The van der Waals surface area contributed by atoms with E-state index in [2.05, 4.69) is 30.1 Å². The second kappa shape index (κ2) is 19.7. The molecule has 0 amide bonds. The molecule has 0 radical (unpaired) electrons. The zero-order valence-electron chi connectivity index (χ0n) is 27.0. The first-order chi connectivity index (χ1) is 21.0. The molecule has 0 aliphatic rings. The van der Waals surface area contributed by atoms with Crippen LogP contribution in [0.15, 0.2) is 70.9 Å². The molecule has 3 aromatic rings. The SMILES string of the molecule is CCCCCCCCCCCCCCCCOc1ccc(C(=O)Oc2ccc(N=Nc3ccc(C)cc3C)cc2C)cc1. The number of ether oxygens (including phenoxy) is 2. The molecule has 0 saturated heterocycles. The van der Waals surface area contributed by atoms with Gasteiger partial charge in [0.25, 0.3) is 0 Å². The summed E-state index contributed by atoms with van der Waals surface area (Å²) >= 11 is 0. The average Bonchev–Trinajstić information content (AvgIpc) is 3.00. The largest absolute Gasteiger partial charge is 0.494 e. The lowest BCUT2D eigenvalue weighted by atomic mass is 10.0. The Labute approximate surface area is 260 Å². The van der Waals surface area contributed by atoms with Gasteiger partial charge in [-0.2, -0.15) is 10.2 Å². The maximum absolute atomic E-state index is 12.7. The minimum absolute atomic E-state index is 0.397. The van der Waals surface area contributed by atoms with E-state index in [4.69, 9.17) is 9.47 Å². The molecule has 3 rings (SSSR count). The first-order valence-corrected chi connectivity index (χ1v) is 16.5. The van der Waals surface area contributed by atoms with Crippen molar-refractivity contribution in [1.29, 1.82) is 0 Å². The molecule has 0 unspecified atom stereocenters. The van der Waals surface area contributed by atoms with Crippen LogP contribution in [0.3, 0.4) is 0 Å². The summed E-state index contributed by atoms with van der Waals surface area (Å²) in [4.78, 5) is 12.7. The fourth-order valence-electron chi connectivity index (χ4n) is 5.17. The Morgan fingerprint density at radius 2 is 1.23 bits per heavy atom. The van der Waals surface area contributed by atoms with E-state index in [1.54, 1.807) is 24.3 Å². The summed E-state index contributed by atoms with van der Waals surface area (Å²) in [6, 6.07) is 18.7. The van der Waals surface area contributed by atoms with Crippen LogP contribution in [-0.2, 0) is 0 Å². The number of benzene rings is 3. The highest BCUT2D eigenvalue weighted by Gasteiger charge is 2.11. The molecule has 43 heavy (non-hydrogen) atoms. The molecular weight excluding hydrogens is 532 g/mol. The molecule has 0 aliphatic carbocycles. The van der Waals surface area contributed by atoms with E-state index in [1.165, 1.54) is 89.0 Å². The van der Waals surface area contributed by atoms with Gasteiger partial charge in [0.05, 0.1) is 23.5 Å². The van der Waals surface area contributed by atoms with Crippen molar-refractivity contribution in [3.63, 3.8) is 0 Å². The summed E-state index contributed by atoms with van der Waals surface area (Å²) in [5, 5.41) is 8.73. The van der Waals surface area contributed by atoms with Crippen LogP contribution in [0.1, 0.15) is 124 Å². The van der Waals surface area contributed by atoms with E-state index in [0.717, 1.165) is 29.0 Å². The Morgan fingerprint density at radius 3 is 1.81 bits per heavy atom. The fraction of sp³-hybridized carbons (Fsp3) is 0.500. The van der Waals surface area contributed by atoms with Crippen molar-refractivity contribution in [2.24, 2.45) is 10.2 Å². The molecule has 232 valence electrons. The van der Waals surface area contributed by atoms with Gasteiger partial charge in [-0.05, 0) is 86.8 Å². The van der Waals surface area contributed by atoms with Gasteiger partial charge in [-0.1, -0.05) is 108 Å². The number of rotatable bonds is 20. The van der Waals surface area contributed by atoms with Crippen molar-refractivity contribution in [1.82, 2.24) is 0 Å². The van der Waals surface area contributed by atoms with Crippen LogP contribution in [0.4, 0.5) is 11.4 Å². The molecular formula is C38H52N2O3. The van der Waals surface area contributed by atoms with Crippen LogP contribution in [0.2, 0.25) is 0 Å². The van der Waals surface area contributed by atoms with Gasteiger partial charge in [-0.15, -0.1) is 0 Å². The number of nitrogens with zero attached hydrogens (tertiary/aromatic N) is 2. The van der Waals surface area contributed by atoms with Gasteiger partial charge in [0, 0.05) is 0 Å². The minimum atomic E-state index is -0.397. The molecule has 0 bridgehead atoms. The first-order valence-electron chi connectivity index (χ1n) is 16.5. The maximum Gasteiger partial charge on any atom is 0.343 e. The van der Waals surface area contributed by atoms with Crippen molar-refractivity contribution < 1.29 is 14.3 Å². The number of esters is 1. The van der Waals surface area contributed by atoms with Crippen LogP contribution in [0.25, 0.3) is 0 Å². The van der Waals surface area contributed by atoms with Crippen molar-refractivity contribution in [3.8, 4) is 11.5 Å². The Bertz CT molecular complexity index is 1270. The van der Waals surface area contributed by atoms with Crippen LogP contribution in [0, 0.1) is 20.8 Å². The third-order valence-electron chi connectivity index (χ3n) is 7.84. The Kier molecular flexibility index (Phi) is 15.6. The summed E-state index contributed by atoms with van der Waals surface area (Å²) in [7, 11) is 0. The van der Waals surface area contributed by atoms with Crippen LogP contribution < -0.4 is 9.47 Å². The summed E-state index contributed by atoms with van der Waals surface area (Å²) in [5.41, 5.74) is 5.13. The predicted molar refractivity (Wildman–Crippen MR) is 178 cm³/mol. The number of carbonyl (C=O) groups excluding carboxylic acids is 1. The standard InChI is InChI=1S/C38H52N2O3/c1-5-6-7-8-9-10-11-12-13-14-15-16-17-18-27-42-35-23-20-33(21-24-35)38(41)43-37-26-22-34(29-32(37)4)39-40-36-25-19-30(2)28-31(36)3/h19-26,28-29H,5-18,27H2,1-4H3. The summed E-state index contributed by atoms with van der Waals surface area (Å²) in [6.07, 6.45) is 18.8. The molecule has 5 nitrogen and oxygen atoms in total. The van der Waals surface area contributed by atoms with Crippen LogP contribution in [0.5, 0.6) is 11.5 Å². The third-order valence-corrected chi connectivity index (χ3v) is 7.84. The zero-order chi connectivity index (χ0) is 30.7. The quantitative estimate of drug-likeness (QED) is 0.0574. The Balaban J connectivity index is 1.29. The number of hydrogen-bond acceptors (Lipinski definition) is 5. The average molecular weight is 585 g/mol. The molecule has 0 N–H and O–H groups in total. The third kappa shape index (κ3) is 13.1. The fourth-order valence-corrected chi connectivity index (χ4v) is 5.17. The van der Waals surface area contributed by atoms with Gasteiger partial charge >= 0.3 is 5.97 Å². The highest BCUT2D eigenvalue weighted by molar-refractivity contribution is 5.91. The smallest absolute Gasteiger partial charge is 0.343 e. The van der Waals surface area contributed by atoms with Gasteiger partial charge in [-0.3, -0.25) is 0 Å². The highest BCUT2D eigenvalue weighted by atomic mass is 16.5. The Hall–Kier alpha value is -3.47. The molecule has 0 atom stereocenters. The molecule has 0 aliphatic heterocycles. The van der Waals surface area contributed by atoms with E-state index >= 15 is 0 Å². The van der Waals surface area contributed by atoms with Gasteiger partial charge in [0.15, 0.2) is 0 Å². The molecule has 3 aromatic carbocycles. The van der Waals surface area contributed by atoms with Crippen molar-refractivity contribution >= 4 is 17.3 Å². The molecule has 0 spiro atoms. The topological polar surface area (TPSA) is 60.2 Å². The molecule has 0 heterocycles. The van der Waals surface area contributed by atoms with E-state index in [1.807, 2.05) is 44.2 Å². The lowest BCUT2D eigenvalue weighted by Crippen LogP contribution is -2.09. The molecule has 0 aromatic heterocycles. The van der Waals surface area contributed by atoms with Gasteiger partial charge in [-0.25, -0.2) is 4.79 Å². The monoisotopic (exact) mass is 584 g/mol. The van der Waals surface area contributed by atoms with E-state index in [0.29, 0.717) is 23.6 Å².